The van der Waals surface area contributed by atoms with E-state index in [0.717, 1.165) is 38.0 Å². The number of aliphatic hydroxyl groups is 1. The Hall–Kier alpha value is -0.870. The van der Waals surface area contributed by atoms with Crippen LogP contribution in [0.2, 0.25) is 0 Å². The molecule has 1 rings (SSSR count). The quantitative estimate of drug-likeness (QED) is 0.726. The molecule has 0 saturated heterocycles. The van der Waals surface area contributed by atoms with Gasteiger partial charge in [0.15, 0.2) is 0 Å². The molecule has 4 nitrogen and oxygen atoms in total. The van der Waals surface area contributed by atoms with E-state index in [-0.39, 0.29) is 6.10 Å². The first kappa shape index (κ1) is 14.2. The number of rotatable bonds is 8. The van der Waals surface area contributed by atoms with E-state index >= 15 is 0 Å². The Morgan fingerprint density at radius 1 is 1.41 bits per heavy atom. The zero-order chi connectivity index (χ0) is 12.7. The van der Waals surface area contributed by atoms with Crippen molar-refractivity contribution in [1.82, 2.24) is 15.1 Å². The van der Waals surface area contributed by atoms with Crippen molar-refractivity contribution in [2.45, 2.75) is 59.2 Å². The van der Waals surface area contributed by atoms with E-state index in [4.69, 9.17) is 0 Å². The molecule has 0 aromatic carbocycles. The van der Waals surface area contributed by atoms with Gasteiger partial charge in [-0.1, -0.05) is 20.3 Å². The van der Waals surface area contributed by atoms with Crippen LogP contribution in [0.25, 0.3) is 0 Å². The van der Waals surface area contributed by atoms with Crippen molar-refractivity contribution < 1.29 is 5.11 Å². The summed E-state index contributed by atoms with van der Waals surface area (Å²) in [7, 11) is 0. The van der Waals surface area contributed by atoms with Gasteiger partial charge in [0.1, 0.15) is 0 Å². The summed E-state index contributed by atoms with van der Waals surface area (Å²) < 4.78 is 2.03. The van der Waals surface area contributed by atoms with E-state index in [9.17, 15) is 5.11 Å². The molecule has 0 saturated carbocycles. The van der Waals surface area contributed by atoms with Crippen LogP contribution in [-0.4, -0.2) is 27.5 Å². The van der Waals surface area contributed by atoms with Crippen LogP contribution in [0.15, 0.2) is 6.07 Å². The highest BCUT2D eigenvalue weighted by Gasteiger charge is 2.06. The summed E-state index contributed by atoms with van der Waals surface area (Å²) in [5.74, 6) is 0. The number of aryl methyl sites for hydroxylation is 2. The van der Waals surface area contributed by atoms with Gasteiger partial charge in [0, 0.05) is 19.6 Å². The lowest BCUT2D eigenvalue weighted by Crippen LogP contribution is -2.27. The molecule has 1 aromatic rings. The maximum Gasteiger partial charge on any atom is 0.0664 e. The summed E-state index contributed by atoms with van der Waals surface area (Å²) in [6.45, 7) is 8.63. The van der Waals surface area contributed by atoms with Crippen molar-refractivity contribution in [1.29, 1.82) is 0 Å². The third-order valence-electron chi connectivity index (χ3n) is 2.88. The summed E-state index contributed by atoms with van der Waals surface area (Å²) in [5, 5.41) is 17.4. The van der Waals surface area contributed by atoms with Gasteiger partial charge in [-0.2, -0.15) is 5.10 Å². The minimum absolute atomic E-state index is 0.233. The molecule has 0 amide bonds. The maximum atomic E-state index is 9.62. The third-order valence-corrected chi connectivity index (χ3v) is 2.88. The minimum atomic E-state index is -0.233. The predicted molar refractivity (Wildman–Crippen MR) is 69.9 cm³/mol. The lowest BCUT2D eigenvalue weighted by atomic mass is 10.2. The fourth-order valence-corrected chi connectivity index (χ4v) is 1.91. The lowest BCUT2D eigenvalue weighted by Gasteiger charge is -2.11. The van der Waals surface area contributed by atoms with Crippen molar-refractivity contribution in [2.75, 3.05) is 6.54 Å². The zero-order valence-corrected chi connectivity index (χ0v) is 11.2. The van der Waals surface area contributed by atoms with Crippen molar-refractivity contribution >= 4 is 0 Å². The van der Waals surface area contributed by atoms with Gasteiger partial charge >= 0.3 is 0 Å². The Balaban J connectivity index is 2.42. The molecule has 4 heteroatoms. The normalized spacial score (nSPS) is 12.9. The van der Waals surface area contributed by atoms with Gasteiger partial charge in [0.2, 0.25) is 0 Å². The number of nitrogens with zero attached hydrogens (tertiary/aromatic N) is 2. The standard InChI is InChI=1S/C13H25N3O/c1-4-7-13(17)10-14-9-12-8-11(5-2)15-16(12)6-3/h8,13-14,17H,4-7,9-10H2,1-3H3. The van der Waals surface area contributed by atoms with Crippen LogP contribution in [0, 0.1) is 0 Å². The third kappa shape index (κ3) is 4.48. The molecule has 1 atom stereocenters. The fourth-order valence-electron chi connectivity index (χ4n) is 1.91. The second kappa shape index (κ2) is 7.45. The van der Waals surface area contributed by atoms with Crippen molar-refractivity contribution in [2.24, 2.45) is 0 Å². The Morgan fingerprint density at radius 2 is 2.18 bits per heavy atom. The van der Waals surface area contributed by atoms with Crippen LogP contribution in [0.4, 0.5) is 0 Å². The Kier molecular flexibility index (Phi) is 6.22. The van der Waals surface area contributed by atoms with Gasteiger partial charge in [0.05, 0.1) is 17.5 Å². The molecule has 17 heavy (non-hydrogen) atoms. The summed E-state index contributed by atoms with van der Waals surface area (Å²) in [6.07, 6.45) is 2.62. The van der Waals surface area contributed by atoms with E-state index in [1.165, 1.54) is 5.69 Å². The van der Waals surface area contributed by atoms with Crippen LogP contribution in [-0.2, 0) is 19.5 Å². The summed E-state index contributed by atoms with van der Waals surface area (Å²) in [4.78, 5) is 0. The molecular weight excluding hydrogens is 214 g/mol. The van der Waals surface area contributed by atoms with Gasteiger partial charge in [-0.15, -0.1) is 0 Å². The largest absolute Gasteiger partial charge is 0.392 e. The van der Waals surface area contributed by atoms with E-state index in [1.54, 1.807) is 0 Å². The molecule has 98 valence electrons. The van der Waals surface area contributed by atoms with Gasteiger partial charge in [-0.05, 0) is 25.8 Å². The van der Waals surface area contributed by atoms with E-state index in [2.05, 4.69) is 37.3 Å². The average Bonchev–Trinajstić information content (AvgIpc) is 2.72. The van der Waals surface area contributed by atoms with Crippen molar-refractivity contribution in [3.8, 4) is 0 Å². The molecule has 0 bridgehead atoms. The maximum absolute atomic E-state index is 9.62. The summed E-state index contributed by atoms with van der Waals surface area (Å²) >= 11 is 0. The van der Waals surface area contributed by atoms with Crippen LogP contribution in [0.3, 0.4) is 0 Å². The predicted octanol–water partition coefficient (Wildman–Crippen LogP) is 1.72. The average molecular weight is 239 g/mol. The second-order valence-corrected chi connectivity index (χ2v) is 4.37. The first-order chi connectivity index (χ1) is 8.21. The Morgan fingerprint density at radius 3 is 2.76 bits per heavy atom. The minimum Gasteiger partial charge on any atom is -0.392 e. The number of aromatic nitrogens is 2. The van der Waals surface area contributed by atoms with Crippen LogP contribution >= 0.6 is 0 Å². The molecule has 0 fully saturated rings. The molecule has 1 aromatic heterocycles. The molecule has 0 aliphatic heterocycles. The monoisotopic (exact) mass is 239 g/mol. The smallest absolute Gasteiger partial charge is 0.0664 e. The van der Waals surface area contributed by atoms with Crippen molar-refractivity contribution in [3.63, 3.8) is 0 Å². The Labute approximate surface area is 104 Å². The highest BCUT2D eigenvalue weighted by molar-refractivity contribution is 5.10. The number of aliphatic hydroxyl groups excluding tert-OH is 1. The Bertz CT molecular complexity index is 322. The van der Waals surface area contributed by atoms with Gasteiger partial charge in [-0.3, -0.25) is 4.68 Å². The molecule has 2 N–H and O–H groups in total. The van der Waals surface area contributed by atoms with E-state index in [1.807, 2.05) is 4.68 Å². The molecule has 0 aliphatic carbocycles. The molecule has 1 heterocycles. The van der Waals surface area contributed by atoms with E-state index in [0.29, 0.717) is 6.54 Å². The zero-order valence-electron chi connectivity index (χ0n) is 11.2. The highest BCUT2D eigenvalue weighted by Crippen LogP contribution is 2.05. The summed E-state index contributed by atoms with van der Waals surface area (Å²) in [6, 6.07) is 2.14. The van der Waals surface area contributed by atoms with Crippen LogP contribution in [0.1, 0.15) is 45.0 Å². The van der Waals surface area contributed by atoms with Gasteiger partial charge in [-0.25, -0.2) is 0 Å². The molecule has 0 spiro atoms. The molecule has 0 radical (unpaired) electrons. The number of hydrogen-bond donors (Lipinski definition) is 2. The fraction of sp³-hybridized carbons (Fsp3) is 0.769. The van der Waals surface area contributed by atoms with Crippen molar-refractivity contribution in [3.05, 3.63) is 17.5 Å². The van der Waals surface area contributed by atoms with Gasteiger partial charge in [0.25, 0.3) is 0 Å². The van der Waals surface area contributed by atoms with E-state index < -0.39 is 0 Å². The lowest BCUT2D eigenvalue weighted by molar-refractivity contribution is 0.160. The molecule has 1 unspecified atom stereocenters. The SMILES string of the molecule is CCCC(O)CNCc1cc(CC)nn1CC. The number of hydrogen-bond acceptors (Lipinski definition) is 3. The topological polar surface area (TPSA) is 50.1 Å². The summed E-state index contributed by atoms with van der Waals surface area (Å²) in [5.41, 5.74) is 2.34. The number of nitrogens with one attached hydrogen (secondary N) is 1. The van der Waals surface area contributed by atoms with Gasteiger partial charge < -0.3 is 10.4 Å². The molecular formula is C13H25N3O. The highest BCUT2D eigenvalue weighted by atomic mass is 16.3. The first-order valence-electron chi connectivity index (χ1n) is 6.65. The van der Waals surface area contributed by atoms with Crippen LogP contribution < -0.4 is 5.32 Å². The molecule has 0 aliphatic rings. The first-order valence-corrected chi connectivity index (χ1v) is 6.65. The van der Waals surface area contributed by atoms with Crippen LogP contribution in [0.5, 0.6) is 0 Å². The second-order valence-electron chi connectivity index (χ2n) is 4.37.